The minimum Gasteiger partial charge on any atom is -0.389 e. The fourth-order valence-corrected chi connectivity index (χ4v) is 3.88. The largest absolute Gasteiger partial charge is 0.389 e. The van der Waals surface area contributed by atoms with Crippen LogP contribution in [-0.4, -0.2) is 15.7 Å². The number of aliphatic hydroxyl groups is 1. The van der Waals surface area contributed by atoms with Gasteiger partial charge in [0.25, 0.3) is 0 Å². The van der Waals surface area contributed by atoms with Gasteiger partial charge in [-0.05, 0) is 55.6 Å². The molecule has 0 saturated heterocycles. The zero-order chi connectivity index (χ0) is 12.8. The van der Waals surface area contributed by atoms with E-state index in [2.05, 4.69) is 24.9 Å². The fraction of sp³-hybridized carbons (Fsp3) is 0.688. The van der Waals surface area contributed by atoms with Gasteiger partial charge in [0.15, 0.2) is 0 Å². The first-order valence-corrected chi connectivity index (χ1v) is 7.26. The predicted octanol–water partition coefficient (Wildman–Crippen LogP) is 3.30. The zero-order valence-electron chi connectivity index (χ0n) is 11.4. The van der Waals surface area contributed by atoms with E-state index in [0.29, 0.717) is 5.92 Å². The van der Waals surface area contributed by atoms with E-state index >= 15 is 0 Å². The molecule has 0 aliphatic heterocycles. The summed E-state index contributed by atoms with van der Waals surface area (Å²) >= 11 is 0. The number of fused-ring (bicyclic) bond motifs is 1. The second-order valence-electron chi connectivity index (χ2n) is 6.44. The highest BCUT2D eigenvalue weighted by atomic mass is 16.3. The number of aromatic nitrogens is 1. The minimum atomic E-state index is -0.508. The number of nitrogens with zero attached hydrogens (tertiary/aromatic N) is 1. The molecule has 2 aliphatic carbocycles. The van der Waals surface area contributed by atoms with Crippen LogP contribution in [0, 0.1) is 11.8 Å². The summed E-state index contributed by atoms with van der Waals surface area (Å²) in [5.74, 6) is 1.63. The average molecular weight is 245 g/mol. The van der Waals surface area contributed by atoms with Crippen LogP contribution in [0.1, 0.15) is 56.7 Å². The molecule has 1 heterocycles. The molecule has 0 aromatic carbocycles. The summed E-state index contributed by atoms with van der Waals surface area (Å²) in [7, 11) is 0. The second kappa shape index (κ2) is 4.34. The molecule has 0 amide bonds. The summed E-state index contributed by atoms with van der Waals surface area (Å²) in [5.41, 5.74) is 2.01. The Hall–Kier alpha value is -0.890. The highest BCUT2D eigenvalue weighted by Crippen LogP contribution is 2.48. The van der Waals surface area contributed by atoms with Crippen LogP contribution < -0.4 is 0 Å². The van der Waals surface area contributed by atoms with Gasteiger partial charge in [-0.15, -0.1) is 0 Å². The average Bonchev–Trinajstić information content (AvgIpc) is 2.79. The maximum absolute atomic E-state index is 11.1. The molecule has 18 heavy (non-hydrogen) atoms. The van der Waals surface area contributed by atoms with Gasteiger partial charge in [0.1, 0.15) is 0 Å². The van der Waals surface area contributed by atoms with E-state index in [-0.39, 0.29) is 5.92 Å². The zero-order valence-corrected chi connectivity index (χ0v) is 11.4. The van der Waals surface area contributed by atoms with Crippen LogP contribution >= 0.6 is 0 Å². The third-order valence-corrected chi connectivity index (χ3v) is 5.29. The Balaban J connectivity index is 1.88. The summed E-state index contributed by atoms with van der Waals surface area (Å²) in [6.07, 6.45) is 7.06. The van der Waals surface area contributed by atoms with Crippen molar-refractivity contribution in [3.8, 4) is 0 Å². The molecule has 2 aliphatic rings. The lowest BCUT2D eigenvalue weighted by Crippen LogP contribution is -2.42. The van der Waals surface area contributed by atoms with Crippen molar-refractivity contribution in [2.45, 2.75) is 57.5 Å². The van der Waals surface area contributed by atoms with E-state index in [1.807, 2.05) is 12.3 Å². The third kappa shape index (κ3) is 1.87. The molecule has 4 unspecified atom stereocenters. The Morgan fingerprint density at radius 3 is 2.89 bits per heavy atom. The monoisotopic (exact) mass is 245 g/mol. The van der Waals surface area contributed by atoms with E-state index in [1.54, 1.807) is 0 Å². The standard InChI is InChI=1S/C16H23NO/c1-11-7-8-16(18,10-12(11)2)14-6-5-13-4-3-9-17-15(13)14/h3-4,9,11-12,14,18H,5-8,10H2,1-2H3. The molecule has 98 valence electrons. The fourth-order valence-electron chi connectivity index (χ4n) is 3.88. The van der Waals surface area contributed by atoms with Gasteiger partial charge in [-0.2, -0.15) is 0 Å². The van der Waals surface area contributed by atoms with Crippen LogP contribution in [0.15, 0.2) is 18.3 Å². The molecule has 4 atom stereocenters. The van der Waals surface area contributed by atoms with E-state index < -0.39 is 5.60 Å². The summed E-state index contributed by atoms with van der Waals surface area (Å²) in [5, 5.41) is 11.1. The first-order chi connectivity index (χ1) is 8.60. The van der Waals surface area contributed by atoms with Gasteiger partial charge in [0.2, 0.25) is 0 Å². The van der Waals surface area contributed by atoms with Crippen molar-refractivity contribution in [1.29, 1.82) is 0 Å². The van der Waals surface area contributed by atoms with E-state index in [1.165, 1.54) is 11.3 Å². The number of rotatable bonds is 1. The lowest BCUT2D eigenvalue weighted by atomic mass is 9.67. The first kappa shape index (κ1) is 12.2. The molecule has 1 N–H and O–H groups in total. The van der Waals surface area contributed by atoms with Crippen molar-refractivity contribution in [3.63, 3.8) is 0 Å². The molecule has 2 nitrogen and oxygen atoms in total. The van der Waals surface area contributed by atoms with Gasteiger partial charge in [-0.1, -0.05) is 19.9 Å². The van der Waals surface area contributed by atoms with E-state index in [0.717, 1.165) is 38.0 Å². The van der Waals surface area contributed by atoms with Gasteiger partial charge in [0.05, 0.1) is 5.60 Å². The lowest BCUT2D eigenvalue weighted by molar-refractivity contribution is -0.0510. The van der Waals surface area contributed by atoms with Gasteiger partial charge < -0.3 is 5.11 Å². The van der Waals surface area contributed by atoms with E-state index in [9.17, 15) is 5.11 Å². The molecule has 1 aromatic rings. The minimum absolute atomic E-state index is 0.267. The molecule has 0 spiro atoms. The molecule has 0 radical (unpaired) electrons. The van der Waals surface area contributed by atoms with Gasteiger partial charge in [-0.3, -0.25) is 4.98 Å². The van der Waals surface area contributed by atoms with Crippen LogP contribution in [0.25, 0.3) is 0 Å². The van der Waals surface area contributed by atoms with Crippen molar-refractivity contribution < 1.29 is 5.11 Å². The first-order valence-electron chi connectivity index (χ1n) is 7.26. The third-order valence-electron chi connectivity index (χ3n) is 5.29. The van der Waals surface area contributed by atoms with Crippen molar-refractivity contribution in [2.24, 2.45) is 11.8 Å². The van der Waals surface area contributed by atoms with Crippen LogP contribution in [0.5, 0.6) is 0 Å². The topological polar surface area (TPSA) is 33.1 Å². The highest BCUT2D eigenvalue weighted by Gasteiger charge is 2.45. The predicted molar refractivity (Wildman–Crippen MR) is 72.4 cm³/mol. The van der Waals surface area contributed by atoms with Crippen LogP contribution in [-0.2, 0) is 6.42 Å². The maximum Gasteiger partial charge on any atom is 0.0734 e. The molecular weight excluding hydrogens is 222 g/mol. The molecule has 0 bridgehead atoms. The summed E-state index contributed by atoms with van der Waals surface area (Å²) in [4.78, 5) is 4.55. The van der Waals surface area contributed by atoms with Gasteiger partial charge >= 0.3 is 0 Å². The Kier molecular flexibility index (Phi) is 2.93. The Bertz CT molecular complexity index is 444. The smallest absolute Gasteiger partial charge is 0.0734 e. The Labute approximate surface area is 109 Å². The van der Waals surface area contributed by atoms with Crippen molar-refractivity contribution in [1.82, 2.24) is 4.98 Å². The van der Waals surface area contributed by atoms with E-state index in [4.69, 9.17) is 0 Å². The van der Waals surface area contributed by atoms with Crippen LogP contribution in [0.4, 0.5) is 0 Å². The molecular formula is C16H23NO. The van der Waals surface area contributed by atoms with Crippen molar-refractivity contribution >= 4 is 0 Å². The van der Waals surface area contributed by atoms with Crippen LogP contribution in [0.3, 0.4) is 0 Å². The summed E-state index contributed by atoms with van der Waals surface area (Å²) in [6.45, 7) is 4.59. The quantitative estimate of drug-likeness (QED) is 0.823. The number of hydrogen-bond donors (Lipinski definition) is 1. The molecule has 1 aromatic heterocycles. The van der Waals surface area contributed by atoms with Gasteiger partial charge in [0, 0.05) is 17.8 Å². The maximum atomic E-state index is 11.1. The Morgan fingerprint density at radius 1 is 1.28 bits per heavy atom. The van der Waals surface area contributed by atoms with Crippen molar-refractivity contribution in [2.75, 3.05) is 0 Å². The van der Waals surface area contributed by atoms with Gasteiger partial charge in [-0.25, -0.2) is 0 Å². The number of hydrogen-bond acceptors (Lipinski definition) is 2. The van der Waals surface area contributed by atoms with Crippen LogP contribution in [0.2, 0.25) is 0 Å². The molecule has 1 saturated carbocycles. The molecule has 1 fully saturated rings. The number of pyridine rings is 1. The normalized spacial score (nSPS) is 39.6. The summed E-state index contributed by atoms with van der Waals surface area (Å²) < 4.78 is 0. The molecule has 2 heteroatoms. The Morgan fingerprint density at radius 2 is 2.11 bits per heavy atom. The highest BCUT2D eigenvalue weighted by molar-refractivity contribution is 5.31. The molecule has 3 rings (SSSR count). The number of aryl methyl sites for hydroxylation is 1. The summed E-state index contributed by atoms with van der Waals surface area (Å²) in [6, 6.07) is 4.18. The van der Waals surface area contributed by atoms with Crippen molar-refractivity contribution in [3.05, 3.63) is 29.6 Å². The SMILES string of the molecule is CC1CCC(O)(C2CCc3cccnc32)CC1C. The lowest BCUT2D eigenvalue weighted by Gasteiger charge is -2.42. The second-order valence-corrected chi connectivity index (χ2v) is 6.44.